The Morgan fingerprint density at radius 1 is 1.21 bits per heavy atom. The molecule has 0 radical (unpaired) electrons. The molecule has 1 heterocycles. The second kappa shape index (κ2) is 9.21. The Kier molecular flexibility index (Phi) is 6.89. The van der Waals surface area contributed by atoms with E-state index in [1.165, 1.54) is 15.3 Å². The molecule has 9 heteroatoms. The lowest BCUT2D eigenvalue weighted by atomic mass is 10.1. The molecule has 2 aromatic rings. The van der Waals surface area contributed by atoms with Crippen LogP contribution in [0.4, 0.5) is 4.39 Å². The topological polar surface area (TPSA) is 66.9 Å². The third-order valence-electron chi connectivity index (χ3n) is 4.76. The van der Waals surface area contributed by atoms with E-state index in [-0.39, 0.29) is 30.1 Å². The van der Waals surface area contributed by atoms with E-state index in [1.54, 1.807) is 31.2 Å². The molecule has 0 aliphatic carbocycles. The number of amides is 1. The maximum atomic E-state index is 14.5. The van der Waals surface area contributed by atoms with Gasteiger partial charge in [-0.1, -0.05) is 29.8 Å². The smallest absolute Gasteiger partial charge is 0.257 e. The number of nitrogens with zero attached hydrogens (tertiary/aromatic N) is 2. The number of morpholine rings is 1. The van der Waals surface area contributed by atoms with Crippen LogP contribution in [0.2, 0.25) is 5.02 Å². The molecule has 0 N–H and O–H groups in total. The molecule has 6 nitrogen and oxygen atoms in total. The van der Waals surface area contributed by atoms with Gasteiger partial charge in [-0.3, -0.25) is 4.79 Å². The Labute approximate surface area is 174 Å². The van der Waals surface area contributed by atoms with Crippen molar-refractivity contribution < 1.29 is 22.3 Å². The molecule has 1 amide bonds. The van der Waals surface area contributed by atoms with Crippen molar-refractivity contribution in [1.29, 1.82) is 0 Å². The summed E-state index contributed by atoms with van der Waals surface area (Å²) in [4.78, 5) is 14.3. The van der Waals surface area contributed by atoms with E-state index in [0.29, 0.717) is 24.8 Å². The van der Waals surface area contributed by atoms with Gasteiger partial charge in [0.15, 0.2) is 0 Å². The second-order valence-electron chi connectivity index (χ2n) is 6.57. The first kappa shape index (κ1) is 21.7. The number of carbonyl (C=O) groups is 1. The Morgan fingerprint density at radius 3 is 2.55 bits per heavy atom. The quantitative estimate of drug-likeness (QED) is 0.692. The zero-order valence-electron chi connectivity index (χ0n) is 16.0. The fourth-order valence-electron chi connectivity index (χ4n) is 3.09. The van der Waals surface area contributed by atoms with Gasteiger partial charge in [0, 0.05) is 31.2 Å². The van der Waals surface area contributed by atoms with Gasteiger partial charge < -0.3 is 9.64 Å². The highest BCUT2D eigenvalue weighted by Crippen LogP contribution is 2.23. The minimum atomic E-state index is -3.84. The minimum absolute atomic E-state index is 0.113. The third-order valence-corrected chi connectivity index (χ3v) is 7.03. The van der Waals surface area contributed by atoms with Gasteiger partial charge in [0.05, 0.1) is 23.7 Å². The Bertz CT molecular complexity index is 994. The summed E-state index contributed by atoms with van der Waals surface area (Å²) < 4.78 is 46.6. The monoisotopic (exact) mass is 440 g/mol. The first-order valence-electron chi connectivity index (χ1n) is 9.24. The van der Waals surface area contributed by atoms with E-state index in [0.717, 1.165) is 17.7 Å². The number of halogens is 2. The van der Waals surface area contributed by atoms with Crippen LogP contribution in [0.1, 0.15) is 22.8 Å². The van der Waals surface area contributed by atoms with Gasteiger partial charge in [0.2, 0.25) is 10.0 Å². The van der Waals surface area contributed by atoms with Crippen molar-refractivity contribution in [3.63, 3.8) is 0 Å². The van der Waals surface area contributed by atoms with Gasteiger partial charge in [-0.2, -0.15) is 4.31 Å². The van der Waals surface area contributed by atoms with Crippen LogP contribution < -0.4 is 0 Å². The molecule has 1 fully saturated rings. The third kappa shape index (κ3) is 4.78. The maximum Gasteiger partial charge on any atom is 0.257 e. The average molecular weight is 441 g/mol. The first-order valence-corrected chi connectivity index (χ1v) is 11.1. The van der Waals surface area contributed by atoms with E-state index in [4.69, 9.17) is 16.3 Å². The largest absolute Gasteiger partial charge is 0.379 e. The summed E-state index contributed by atoms with van der Waals surface area (Å²) in [6.07, 6.45) is 0. The minimum Gasteiger partial charge on any atom is -0.379 e. The molecule has 1 saturated heterocycles. The van der Waals surface area contributed by atoms with Crippen molar-refractivity contribution in [3.05, 3.63) is 64.4 Å². The van der Waals surface area contributed by atoms with Crippen molar-refractivity contribution >= 4 is 27.5 Å². The summed E-state index contributed by atoms with van der Waals surface area (Å²) in [5.74, 6) is -1.36. The molecule has 0 spiro atoms. The fourth-order valence-corrected chi connectivity index (χ4v) is 4.72. The van der Waals surface area contributed by atoms with Crippen LogP contribution in [0, 0.1) is 5.82 Å². The summed E-state index contributed by atoms with van der Waals surface area (Å²) in [7, 11) is -3.84. The van der Waals surface area contributed by atoms with Crippen molar-refractivity contribution in [2.45, 2.75) is 18.4 Å². The lowest BCUT2D eigenvalue weighted by molar-refractivity contribution is 0.0729. The number of benzene rings is 2. The number of hydrogen-bond donors (Lipinski definition) is 0. The molecule has 2 aromatic carbocycles. The van der Waals surface area contributed by atoms with Gasteiger partial charge in [-0.25, -0.2) is 12.8 Å². The molecule has 0 atom stereocenters. The zero-order valence-corrected chi connectivity index (χ0v) is 17.5. The lowest BCUT2D eigenvalue weighted by Gasteiger charge is -2.26. The average Bonchev–Trinajstić information content (AvgIpc) is 2.73. The molecule has 0 saturated carbocycles. The van der Waals surface area contributed by atoms with Gasteiger partial charge in [-0.05, 0) is 36.8 Å². The first-order chi connectivity index (χ1) is 13.8. The normalized spacial score (nSPS) is 15.3. The van der Waals surface area contributed by atoms with Crippen LogP contribution in [-0.4, -0.2) is 56.4 Å². The van der Waals surface area contributed by atoms with Crippen LogP contribution in [0.3, 0.4) is 0 Å². The molecule has 0 unspecified atom stereocenters. The predicted octanol–water partition coefficient (Wildman–Crippen LogP) is 3.16. The predicted molar refractivity (Wildman–Crippen MR) is 108 cm³/mol. The molecular weight excluding hydrogens is 419 g/mol. The van der Waals surface area contributed by atoms with Gasteiger partial charge in [0.25, 0.3) is 5.91 Å². The molecule has 0 aromatic heterocycles. The highest BCUT2D eigenvalue weighted by Gasteiger charge is 2.28. The summed E-state index contributed by atoms with van der Waals surface area (Å²) in [6.45, 7) is 3.30. The highest BCUT2D eigenvalue weighted by atomic mass is 35.5. The number of rotatable bonds is 6. The van der Waals surface area contributed by atoms with Crippen molar-refractivity contribution in [2.24, 2.45) is 0 Å². The maximum absolute atomic E-state index is 14.5. The molecule has 156 valence electrons. The Hall–Kier alpha value is -2.00. The van der Waals surface area contributed by atoms with Gasteiger partial charge >= 0.3 is 0 Å². The standard InChI is InChI=1S/C20H22ClFN2O4S/c1-2-23(14-15-5-3-4-6-18(15)21)20(25)17-13-16(7-8-19(17)22)29(26,27)24-9-11-28-12-10-24/h3-8,13H,2,9-12,14H2,1H3. The summed E-state index contributed by atoms with van der Waals surface area (Å²) in [5.41, 5.74) is 0.440. The zero-order chi connectivity index (χ0) is 21.0. The van der Waals surface area contributed by atoms with Crippen molar-refractivity contribution in [2.75, 3.05) is 32.8 Å². The highest BCUT2D eigenvalue weighted by molar-refractivity contribution is 7.89. The molecular formula is C20H22ClFN2O4S. The Morgan fingerprint density at radius 2 is 1.90 bits per heavy atom. The number of hydrogen-bond acceptors (Lipinski definition) is 4. The van der Waals surface area contributed by atoms with Gasteiger partial charge in [0.1, 0.15) is 5.82 Å². The molecule has 0 bridgehead atoms. The van der Waals surface area contributed by atoms with Crippen LogP contribution in [-0.2, 0) is 21.3 Å². The van der Waals surface area contributed by atoms with E-state index in [2.05, 4.69) is 0 Å². The van der Waals surface area contributed by atoms with Crippen LogP contribution in [0.15, 0.2) is 47.4 Å². The van der Waals surface area contributed by atoms with Crippen LogP contribution in [0.25, 0.3) is 0 Å². The number of sulfonamides is 1. The van der Waals surface area contributed by atoms with Gasteiger partial charge in [-0.15, -0.1) is 0 Å². The number of ether oxygens (including phenoxy) is 1. The molecule has 3 rings (SSSR count). The summed E-state index contributed by atoms with van der Waals surface area (Å²) >= 11 is 6.17. The van der Waals surface area contributed by atoms with E-state index in [1.807, 2.05) is 0 Å². The fraction of sp³-hybridized carbons (Fsp3) is 0.350. The van der Waals surface area contributed by atoms with Crippen LogP contribution >= 0.6 is 11.6 Å². The van der Waals surface area contributed by atoms with E-state index in [9.17, 15) is 17.6 Å². The SMILES string of the molecule is CCN(Cc1ccccc1Cl)C(=O)c1cc(S(=O)(=O)N2CCOCC2)ccc1F. The lowest BCUT2D eigenvalue weighted by Crippen LogP contribution is -2.40. The molecule has 29 heavy (non-hydrogen) atoms. The number of carbonyl (C=O) groups excluding carboxylic acids is 1. The van der Waals surface area contributed by atoms with Crippen LogP contribution in [0.5, 0.6) is 0 Å². The van der Waals surface area contributed by atoms with E-state index < -0.39 is 21.7 Å². The van der Waals surface area contributed by atoms with Crippen molar-refractivity contribution in [1.82, 2.24) is 9.21 Å². The summed E-state index contributed by atoms with van der Waals surface area (Å²) in [6, 6.07) is 10.4. The summed E-state index contributed by atoms with van der Waals surface area (Å²) in [5, 5.41) is 0.503. The van der Waals surface area contributed by atoms with Crippen molar-refractivity contribution in [3.8, 4) is 0 Å². The molecule has 1 aliphatic rings. The Balaban J connectivity index is 1.90. The second-order valence-corrected chi connectivity index (χ2v) is 8.91. The molecule has 1 aliphatic heterocycles. The van der Waals surface area contributed by atoms with E-state index >= 15 is 0 Å².